The molecule has 0 bridgehead atoms. The van der Waals surface area contributed by atoms with Gasteiger partial charge in [-0.15, -0.1) is 0 Å². The van der Waals surface area contributed by atoms with Gasteiger partial charge in [-0.1, -0.05) is 30.3 Å². The van der Waals surface area contributed by atoms with Crippen molar-refractivity contribution in [2.45, 2.75) is 32.2 Å². The van der Waals surface area contributed by atoms with Gasteiger partial charge in [0.15, 0.2) is 0 Å². The summed E-state index contributed by atoms with van der Waals surface area (Å²) < 4.78 is 0. The molecule has 2 aliphatic heterocycles. The molecule has 7 nitrogen and oxygen atoms in total. The van der Waals surface area contributed by atoms with Crippen LogP contribution in [0.2, 0.25) is 0 Å². The standard InChI is InChI=1S/C19H26N4O3/c20-18(26)21-11-17(25)22-10-4-8-19(13-22)9-7-16(24)23(14-19)12-15-5-2-1-3-6-15/h1-3,5-6H,4,7-14H2,(H3,20,21,26)/t19-/m1/s1. The van der Waals surface area contributed by atoms with Gasteiger partial charge >= 0.3 is 6.03 Å². The normalized spacial score (nSPS) is 23.2. The highest BCUT2D eigenvalue weighted by Crippen LogP contribution is 2.39. The number of hydrogen-bond acceptors (Lipinski definition) is 3. The zero-order chi connectivity index (χ0) is 18.6. The van der Waals surface area contributed by atoms with Gasteiger partial charge in [0.1, 0.15) is 0 Å². The van der Waals surface area contributed by atoms with Gasteiger partial charge in [0.2, 0.25) is 11.8 Å². The molecule has 1 spiro atoms. The second-order valence-corrected chi connectivity index (χ2v) is 7.37. The van der Waals surface area contributed by atoms with Crippen LogP contribution in [0.4, 0.5) is 4.79 Å². The van der Waals surface area contributed by atoms with Gasteiger partial charge in [-0.05, 0) is 24.8 Å². The molecule has 0 radical (unpaired) electrons. The average Bonchev–Trinajstić information content (AvgIpc) is 2.64. The van der Waals surface area contributed by atoms with Crippen molar-refractivity contribution in [3.8, 4) is 0 Å². The Morgan fingerprint density at radius 2 is 1.92 bits per heavy atom. The maximum absolute atomic E-state index is 12.4. The second kappa shape index (κ2) is 7.76. The van der Waals surface area contributed by atoms with E-state index >= 15 is 0 Å². The molecule has 2 heterocycles. The van der Waals surface area contributed by atoms with Crippen LogP contribution in [0.1, 0.15) is 31.2 Å². The zero-order valence-corrected chi connectivity index (χ0v) is 14.9. The second-order valence-electron chi connectivity index (χ2n) is 7.37. The molecule has 4 amide bonds. The van der Waals surface area contributed by atoms with E-state index in [1.807, 2.05) is 35.2 Å². The van der Waals surface area contributed by atoms with Crippen LogP contribution in [0, 0.1) is 5.41 Å². The van der Waals surface area contributed by atoms with Crippen molar-refractivity contribution in [3.63, 3.8) is 0 Å². The number of carbonyl (C=O) groups is 3. The van der Waals surface area contributed by atoms with Crippen molar-refractivity contribution in [3.05, 3.63) is 35.9 Å². The van der Waals surface area contributed by atoms with Crippen molar-refractivity contribution >= 4 is 17.8 Å². The molecule has 3 rings (SSSR count). The van der Waals surface area contributed by atoms with Gasteiger partial charge in [0.25, 0.3) is 0 Å². The third-order valence-electron chi connectivity index (χ3n) is 5.39. The number of urea groups is 1. The van der Waals surface area contributed by atoms with Gasteiger partial charge < -0.3 is 20.9 Å². The fourth-order valence-corrected chi connectivity index (χ4v) is 4.08. The van der Waals surface area contributed by atoms with Crippen LogP contribution in [0.25, 0.3) is 0 Å². The summed E-state index contributed by atoms with van der Waals surface area (Å²) in [5.74, 6) is 0.0627. The van der Waals surface area contributed by atoms with E-state index in [4.69, 9.17) is 5.73 Å². The Bertz CT molecular complexity index is 679. The molecule has 1 aromatic carbocycles. The number of rotatable bonds is 4. The minimum Gasteiger partial charge on any atom is -0.352 e. The molecule has 0 aliphatic carbocycles. The van der Waals surface area contributed by atoms with Crippen molar-refractivity contribution in [2.24, 2.45) is 11.1 Å². The van der Waals surface area contributed by atoms with Crippen molar-refractivity contribution in [1.82, 2.24) is 15.1 Å². The average molecular weight is 358 g/mol. The third-order valence-corrected chi connectivity index (χ3v) is 5.39. The Hall–Kier alpha value is -2.57. The van der Waals surface area contributed by atoms with E-state index in [-0.39, 0.29) is 23.8 Å². The maximum Gasteiger partial charge on any atom is 0.312 e. The van der Waals surface area contributed by atoms with E-state index in [1.165, 1.54) is 0 Å². The summed E-state index contributed by atoms with van der Waals surface area (Å²) in [6, 6.07) is 9.29. The van der Waals surface area contributed by atoms with E-state index in [0.717, 1.165) is 24.8 Å². The van der Waals surface area contributed by atoms with Gasteiger partial charge in [0.05, 0.1) is 6.54 Å². The summed E-state index contributed by atoms with van der Waals surface area (Å²) in [4.78, 5) is 39.3. The number of amides is 4. The lowest BCUT2D eigenvalue weighted by Gasteiger charge is -2.48. The largest absolute Gasteiger partial charge is 0.352 e. The fraction of sp³-hybridized carbons (Fsp3) is 0.526. The summed E-state index contributed by atoms with van der Waals surface area (Å²) in [7, 11) is 0. The fourth-order valence-electron chi connectivity index (χ4n) is 4.08. The first-order chi connectivity index (χ1) is 12.5. The molecular weight excluding hydrogens is 332 g/mol. The number of benzene rings is 1. The van der Waals surface area contributed by atoms with E-state index in [9.17, 15) is 14.4 Å². The maximum atomic E-state index is 12.4. The molecule has 26 heavy (non-hydrogen) atoms. The highest BCUT2D eigenvalue weighted by Gasteiger charge is 2.42. The Labute approximate surface area is 153 Å². The van der Waals surface area contributed by atoms with Gasteiger partial charge in [-0.25, -0.2) is 4.79 Å². The van der Waals surface area contributed by atoms with Crippen LogP contribution in [-0.4, -0.2) is 53.8 Å². The molecule has 7 heteroatoms. The van der Waals surface area contributed by atoms with Crippen LogP contribution in [0.5, 0.6) is 0 Å². The van der Waals surface area contributed by atoms with Crippen molar-refractivity contribution in [1.29, 1.82) is 0 Å². The summed E-state index contributed by atoms with van der Waals surface area (Å²) in [6.45, 7) is 2.53. The highest BCUT2D eigenvalue weighted by atomic mass is 16.2. The quantitative estimate of drug-likeness (QED) is 0.843. The SMILES string of the molecule is NC(=O)NCC(=O)N1CCC[C@@]2(CCC(=O)N(Cc3ccccc3)C2)C1. The molecule has 3 N–H and O–H groups in total. The van der Waals surface area contributed by atoms with E-state index in [1.54, 1.807) is 4.90 Å². The Morgan fingerprint density at radius 1 is 1.15 bits per heavy atom. The Morgan fingerprint density at radius 3 is 2.65 bits per heavy atom. The van der Waals surface area contributed by atoms with Crippen LogP contribution in [0.3, 0.4) is 0 Å². The molecule has 0 saturated carbocycles. The minimum atomic E-state index is -0.692. The number of piperidine rings is 2. The van der Waals surface area contributed by atoms with Crippen molar-refractivity contribution in [2.75, 3.05) is 26.2 Å². The number of nitrogens with zero attached hydrogens (tertiary/aromatic N) is 2. The lowest BCUT2D eigenvalue weighted by atomic mass is 9.73. The number of nitrogens with two attached hydrogens (primary N) is 1. The molecular formula is C19H26N4O3. The number of hydrogen-bond donors (Lipinski definition) is 2. The molecule has 2 saturated heterocycles. The van der Waals surface area contributed by atoms with Crippen LogP contribution in [-0.2, 0) is 16.1 Å². The van der Waals surface area contributed by atoms with E-state index < -0.39 is 6.03 Å². The molecule has 0 unspecified atom stereocenters. The topological polar surface area (TPSA) is 95.7 Å². The Balaban J connectivity index is 1.65. The predicted octanol–water partition coefficient (Wildman–Crippen LogP) is 1.09. The number of likely N-dealkylation sites (tertiary alicyclic amines) is 2. The molecule has 140 valence electrons. The first kappa shape index (κ1) is 18.2. The first-order valence-corrected chi connectivity index (χ1v) is 9.10. The molecule has 1 aromatic rings. The summed E-state index contributed by atoms with van der Waals surface area (Å²) >= 11 is 0. The van der Waals surface area contributed by atoms with Gasteiger partial charge in [-0.2, -0.15) is 0 Å². The lowest BCUT2D eigenvalue weighted by Crippen LogP contribution is -2.56. The number of nitrogens with one attached hydrogen (secondary N) is 1. The third kappa shape index (κ3) is 4.33. The zero-order valence-electron chi connectivity index (χ0n) is 14.9. The molecule has 0 aromatic heterocycles. The predicted molar refractivity (Wildman–Crippen MR) is 96.9 cm³/mol. The summed E-state index contributed by atoms with van der Waals surface area (Å²) in [6.07, 6.45) is 3.26. The lowest BCUT2D eigenvalue weighted by molar-refractivity contribution is -0.143. The van der Waals surface area contributed by atoms with Crippen molar-refractivity contribution < 1.29 is 14.4 Å². The number of primary amides is 1. The first-order valence-electron chi connectivity index (χ1n) is 9.10. The monoisotopic (exact) mass is 358 g/mol. The Kier molecular flexibility index (Phi) is 5.44. The van der Waals surface area contributed by atoms with Gasteiger partial charge in [-0.3, -0.25) is 9.59 Å². The minimum absolute atomic E-state index is 0.0523. The smallest absolute Gasteiger partial charge is 0.312 e. The van der Waals surface area contributed by atoms with Crippen LogP contribution in [0.15, 0.2) is 30.3 Å². The van der Waals surface area contributed by atoms with E-state index in [2.05, 4.69) is 5.32 Å². The van der Waals surface area contributed by atoms with E-state index in [0.29, 0.717) is 32.6 Å². The summed E-state index contributed by atoms with van der Waals surface area (Å²) in [5.41, 5.74) is 6.11. The van der Waals surface area contributed by atoms with Crippen LogP contribution >= 0.6 is 0 Å². The molecule has 2 aliphatic rings. The highest BCUT2D eigenvalue weighted by molar-refractivity contribution is 5.83. The van der Waals surface area contributed by atoms with Gasteiger partial charge in [0, 0.05) is 38.0 Å². The molecule has 2 fully saturated rings. The number of carbonyl (C=O) groups excluding carboxylic acids is 3. The van der Waals surface area contributed by atoms with Crippen LogP contribution < -0.4 is 11.1 Å². The summed E-state index contributed by atoms with van der Waals surface area (Å²) in [5, 5.41) is 2.37. The molecule has 1 atom stereocenters.